The number of aliphatic imine (C=N–C) groups is 1. The van der Waals surface area contributed by atoms with Crippen molar-refractivity contribution < 1.29 is 8.78 Å². The van der Waals surface area contributed by atoms with Crippen molar-refractivity contribution in [2.75, 3.05) is 7.05 Å². The summed E-state index contributed by atoms with van der Waals surface area (Å²) >= 11 is 0. The van der Waals surface area contributed by atoms with Crippen molar-refractivity contribution in [2.45, 2.75) is 38.8 Å². The third-order valence-electron chi connectivity index (χ3n) is 3.58. The monoisotopic (exact) mass is 409 g/mol. The number of nitrogens with zero attached hydrogens (tertiary/aromatic N) is 1. The molecule has 6 heteroatoms. The summed E-state index contributed by atoms with van der Waals surface area (Å²) in [5, 5.41) is 6.32. The van der Waals surface area contributed by atoms with E-state index < -0.39 is 11.6 Å². The zero-order chi connectivity index (χ0) is 14.5. The predicted molar refractivity (Wildman–Crippen MR) is 91.9 cm³/mol. The minimum atomic E-state index is -0.434. The minimum Gasteiger partial charge on any atom is -0.353 e. The van der Waals surface area contributed by atoms with E-state index in [-0.39, 0.29) is 30.5 Å². The van der Waals surface area contributed by atoms with E-state index in [0.29, 0.717) is 23.5 Å². The average Bonchev–Trinajstić information content (AvgIpc) is 3.16. The molecule has 0 bridgehead atoms. The quantitative estimate of drug-likeness (QED) is 0.444. The Bertz CT molecular complexity index is 494. The van der Waals surface area contributed by atoms with Gasteiger partial charge >= 0.3 is 0 Å². The van der Waals surface area contributed by atoms with Gasteiger partial charge in [0.05, 0.1) is 0 Å². The smallest absolute Gasteiger partial charge is 0.191 e. The molecule has 2 rings (SSSR count). The van der Waals surface area contributed by atoms with Gasteiger partial charge in [0, 0.05) is 25.2 Å². The second kappa shape index (κ2) is 8.51. The summed E-state index contributed by atoms with van der Waals surface area (Å²) in [6.45, 7) is 2.39. The molecule has 1 aliphatic rings. The molecule has 0 aliphatic heterocycles. The van der Waals surface area contributed by atoms with Crippen molar-refractivity contribution in [1.29, 1.82) is 0 Å². The molecule has 0 spiro atoms. The van der Waals surface area contributed by atoms with E-state index in [1.54, 1.807) is 7.05 Å². The van der Waals surface area contributed by atoms with E-state index in [0.717, 1.165) is 18.6 Å². The van der Waals surface area contributed by atoms with Crippen molar-refractivity contribution in [3.63, 3.8) is 0 Å². The summed E-state index contributed by atoms with van der Waals surface area (Å²) in [5.41, 5.74) is 0.300. The van der Waals surface area contributed by atoms with Crippen LogP contribution in [0.2, 0.25) is 0 Å². The fourth-order valence-electron chi connectivity index (χ4n) is 2.34. The second-order valence-electron chi connectivity index (χ2n) is 5.20. The van der Waals surface area contributed by atoms with Crippen LogP contribution in [0.5, 0.6) is 0 Å². The molecule has 2 N–H and O–H groups in total. The standard InChI is InChI=1S/C15H21F2N3.HI/c1-3-4-10-8-14(10)20-15(18-2)19-9-11-7-12(16)5-6-13(11)17;/h5-7,10,14H,3-4,8-9H2,1-2H3,(H2,18,19,20);1H. The van der Waals surface area contributed by atoms with E-state index in [4.69, 9.17) is 0 Å². The topological polar surface area (TPSA) is 36.4 Å². The first-order valence-corrected chi connectivity index (χ1v) is 7.05. The number of benzene rings is 1. The van der Waals surface area contributed by atoms with Gasteiger partial charge < -0.3 is 10.6 Å². The van der Waals surface area contributed by atoms with Gasteiger partial charge in [-0.1, -0.05) is 13.3 Å². The molecule has 1 aliphatic carbocycles. The summed E-state index contributed by atoms with van der Waals surface area (Å²) in [6.07, 6.45) is 3.55. The lowest BCUT2D eigenvalue weighted by Crippen LogP contribution is -2.38. The summed E-state index contributed by atoms with van der Waals surface area (Å²) in [6, 6.07) is 3.91. The van der Waals surface area contributed by atoms with Crippen molar-refractivity contribution in [1.82, 2.24) is 10.6 Å². The van der Waals surface area contributed by atoms with Gasteiger partial charge in [0.2, 0.25) is 0 Å². The molecule has 0 amide bonds. The van der Waals surface area contributed by atoms with Crippen LogP contribution in [0.4, 0.5) is 8.78 Å². The fourth-order valence-corrected chi connectivity index (χ4v) is 2.34. The van der Waals surface area contributed by atoms with Crippen LogP contribution in [0.25, 0.3) is 0 Å². The van der Waals surface area contributed by atoms with Gasteiger partial charge in [-0.15, -0.1) is 24.0 Å². The highest BCUT2D eigenvalue weighted by Gasteiger charge is 2.36. The molecule has 2 atom stereocenters. The lowest BCUT2D eigenvalue weighted by molar-refractivity contribution is 0.580. The van der Waals surface area contributed by atoms with Crippen LogP contribution in [0.1, 0.15) is 31.7 Å². The maximum atomic E-state index is 13.5. The van der Waals surface area contributed by atoms with Gasteiger partial charge in [0.15, 0.2) is 5.96 Å². The van der Waals surface area contributed by atoms with E-state index in [1.165, 1.54) is 18.9 Å². The highest BCUT2D eigenvalue weighted by molar-refractivity contribution is 14.0. The van der Waals surface area contributed by atoms with Crippen molar-refractivity contribution in [2.24, 2.45) is 10.9 Å². The van der Waals surface area contributed by atoms with Crippen molar-refractivity contribution in [3.05, 3.63) is 35.4 Å². The maximum absolute atomic E-state index is 13.5. The van der Waals surface area contributed by atoms with Crippen LogP contribution in [0, 0.1) is 17.6 Å². The molecule has 21 heavy (non-hydrogen) atoms. The van der Waals surface area contributed by atoms with Gasteiger partial charge in [0.1, 0.15) is 11.6 Å². The van der Waals surface area contributed by atoms with E-state index >= 15 is 0 Å². The number of halogens is 3. The number of hydrogen-bond donors (Lipinski definition) is 2. The van der Waals surface area contributed by atoms with Gasteiger partial charge in [-0.25, -0.2) is 8.78 Å². The van der Waals surface area contributed by atoms with Gasteiger partial charge in [-0.05, 0) is 37.0 Å². The van der Waals surface area contributed by atoms with Crippen LogP contribution in [-0.2, 0) is 6.54 Å². The summed E-state index contributed by atoms with van der Waals surface area (Å²) in [5.74, 6) is 0.503. The molecule has 2 unspecified atom stereocenters. The molecule has 1 fully saturated rings. The number of nitrogens with one attached hydrogen (secondary N) is 2. The summed E-state index contributed by atoms with van der Waals surface area (Å²) in [4.78, 5) is 4.11. The Morgan fingerprint density at radius 3 is 2.81 bits per heavy atom. The largest absolute Gasteiger partial charge is 0.353 e. The highest BCUT2D eigenvalue weighted by Crippen LogP contribution is 2.34. The zero-order valence-corrected chi connectivity index (χ0v) is 14.7. The molecule has 0 radical (unpaired) electrons. The zero-order valence-electron chi connectivity index (χ0n) is 12.3. The molecular formula is C15H22F2IN3. The molecule has 1 aromatic rings. The number of guanidine groups is 1. The Labute approximate surface area is 141 Å². The van der Waals surface area contributed by atoms with Gasteiger partial charge in [-0.3, -0.25) is 4.99 Å². The SMILES string of the molecule is CCCC1CC1NC(=NC)NCc1cc(F)ccc1F.I. The van der Waals surface area contributed by atoms with Crippen molar-refractivity contribution in [3.8, 4) is 0 Å². The average molecular weight is 409 g/mol. The number of rotatable bonds is 5. The Kier molecular flexibility index (Phi) is 7.34. The first kappa shape index (κ1) is 18.1. The molecule has 0 saturated heterocycles. The fraction of sp³-hybridized carbons (Fsp3) is 0.533. The Morgan fingerprint density at radius 1 is 1.38 bits per heavy atom. The predicted octanol–water partition coefficient (Wildman–Crippen LogP) is 3.44. The van der Waals surface area contributed by atoms with Crippen LogP contribution in [0.3, 0.4) is 0 Å². The summed E-state index contributed by atoms with van der Waals surface area (Å²) < 4.78 is 26.6. The van der Waals surface area contributed by atoms with Crippen molar-refractivity contribution >= 4 is 29.9 Å². The molecule has 0 aromatic heterocycles. The van der Waals surface area contributed by atoms with Crippen LogP contribution in [0.15, 0.2) is 23.2 Å². The third-order valence-corrected chi connectivity index (χ3v) is 3.58. The Balaban J connectivity index is 0.00000220. The molecule has 1 saturated carbocycles. The lowest BCUT2D eigenvalue weighted by atomic mass is 10.2. The third kappa shape index (κ3) is 5.41. The molecule has 3 nitrogen and oxygen atoms in total. The molecule has 118 valence electrons. The van der Waals surface area contributed by atoms with Crippen LogP contribution < -0.4 is 10.6 Å². The van der Waals surface area contributed by atoms with Crippen LogP contribution in [-0.4, -0.2) is 19.0 Å². The second-order valence-corrected chi connectivity index (χ2v) is 5.20. The van der Waals surface area contributed by atoms with E-state index in [2.05, 4.69) is 22.5 Å². The van der Waals surface area contributed by atoms with E-state index in [1.807, 2.05) is 0 Å². The lowest BCUT2D eigenvalue weighted by Gasteiger charge is -2.12. The van der Waals surface area contributed by atoms with Crippen LogP contribution >= 0.6 is 24.0 Å². The highest BCUT2D eigenvalue weighted by atomic mass is 127. The molecule has 0 heterocycles. The first-order valence-electron chi connectivity index (χ1n) is 7.05. The summed E-state index contributed by atoms with van der Waals surface area (Å²) in [7, 11) is 1.68. The Hall–Kier alpha value is -0.920. The normalized spacial score (nSPS) is 20.7. The molecular weight excluding hydrogens is 387 g/mol. The van der Waals surface area contributed by atoms with Gasteiger partial charge in [-0.2, -0.15) is 0 Å². The van der Waals surface area contributed by atoms with Gasteiger partial charge in [0.25, 0.3) is 0 Å². The van der Waals surface area contributed by atoms with E-state index in [9.17, 15) is 8.78 Å². The minimum absolute atomic E-state index is 0. The Morgan fingerprint density at radius 2 is 2.14 bits per heavy atom. The molecule has 1 aromatic carbocycles. The number of hydrogen-bond acceptors (Lipinski definition) is 1. The maximum Gasteiger partial charge on any atom is 0.191 e. The first-order chi connectivity index (χ1) is 9.63.